The third-order valence-corrected chi connectivity index (χ3v) is 13.0. The van der Waals surface area contributed by atoms with E-state index >= 15 is 0 Å². The number of aliphatic hydroxyl groups excluding tert-OH is 1. The Bertz CT molecular complexity index is 2380. The van der Waals surface area contributed by atoms with Crippen molar-refractivity contribution in [3.63, 3.8) is 0 Å². The Kier molecular flexibility index (Phi) is 21.7. The Labute approximate surface area is 409 Å². The second-order valence-corrected chi connectivity index (χ2v) is 17.3. The number of allylic oxidation sites excluding steroid dienone is 1. The predicted molar refractivity (Wildman–Crippen MR) is 249 cm³/mol. The topological polar surface area (TPSA) is 325 Å². The number of fused-ring (bicyclic) bond motifs is 5. The molecule has 2 aliphatic heterocycles. The summed E-state index contributed by atoms with van der Waals surface area (Å²) >= 11 is 0.701. The monoisotopic (exact) mass is 1140 g/mol. The molecule has 2 atom stereocenters. The first kappa shape index (κ1) is 56.1. The first-order valence-corrected chi connectivity index (χ1v) is 24.3. The number of carbonyl (C=O) groups is 9. The molecule has 0 spiro atoms. The summed E-state index contributed by atoms with van der Waals surface area (Å²) < 4.78 is 8.25. The van der Waals surface area contributed by atoms with Gasteiger partial charge in [-0.3, -0.25) is 28.9 Å². The van der Waals surface area contributed by atoms with Crippen molar-refractivity contribution in [3.05, 3.63) is 75.2 Å². The molecular weight excluding hydrogens is 1080 g/mol. The van der Waals surface area contributed by atoms with E-state index in [1.165, 1.54) is 0 Å². The van der Waals surface area contributed by atoms with E-state index in [0.29, 0.717) is 90.2 Å². The minimum Gasteiger partial charge on any atom is -0.391 e. The molecule has 4 aliphatic rings. The Morgan fingerprint density at radius 1 is 1.12 bits per heavy atom. The number of nitrogens with zero attached hydrogens (tertiary/aromatic N) is 4. The number of amides is 8. The molecule has 1 saturated carbocycles. The average Bonchev–Trinajstić information content (AvgIpc) is 3.83. The number of nitrogens with one attached hydrogen (secondary N) is 4. The van der Waals surface area contributed by atoms with E-state index in [1.807, 2.05) is 6.07 Å². The average molecular weight is 1140 g/mol. The molecule has 2 unspecified atom stereocenters. The van der Waals surface area contributed by atoms with Gasteiger partial charge < -0.3 is 31.3 Å². The van der Waals surface area contributed by atoms with E-state index in [4.69, 9.17) is 20.2 Å². The minimum absolute atomic E-state index is 0.205. The van der Waals surface area contributed by atoms with Crippen molar-refractivity contribution in [1.82, 2.24) is 40.6 Å². The van der Waals surface area contributed by atoms with Crippen LogP contribution in [0, 0.1) is 6.92 Å². The van der Waals surface area contributed by atoms with Gasteiger partial charge in [0.15, 0.2) is 0 Å². The predicted octanol–water partition coefficient (Wildman–Crippen LogP) is -1.46. The molecule has 68 heavy (non-hydrogen) atoms. The molecule has 8 amide bonds. The van der Waals surface area contributed by atoms with Crippen molar-refractivity contribution in [1.29, 1.82) is 0 Å². The summed E-state index contributed by atoms with van der Waals surface area (Å²) in [7, 11) is 3.49. The normalized spacial score (nSPS) is 15.9. The molecule has 3 radical (unpaired) electrons. The summed E-state index contributed by atoms with van der Waals surface area (Å²) in [6, 6.07) is 0.839. The summed E-state index contributed by atoms with van der Waals surface area (Å²) in [6.07, 6.45) is 8.23. The smallest absolute Gasteiger partial charge is 0.257 e. The van der Waals surface area contributed by atoms with Crippen LogP contribution >= 0.6 is 0 Å². The molecule has 1 fully saturated rings. The summed E-state index contributed by atoms with van der Waals surface area (Å²) in [5.41, 5.74) is 14.0. The molecule has 9 N–H and O–H groups in total. The van der Waals surface area contributed by atoms with Gasteiger partial charge in [-0.15, -0.1) is 0 Å². The van der Waals surface area contributed by atoms with E-state index in [0.717, 1.165) is 52.0 Å². The molecular formula is C45H59N10O12Pb. The fraction of sp³-hybridized carbons (Fsp3) is 0.444. The van der Waals surface area contributed by atoms with Gasteiger partial charge in [0.1, 0.15) is 12.8 Å². The Balaban J connectivity index is 0.000000538. The van der Waals surface area contributed by atoms with Crippen molar-refractivity contribution in [3.8, 4) is 11.4 Å². The van der Waals surface area contributed by atoms with Crippen LogP contribution in [-0.4, -0.2) is 156 Å². The number of carbonyl (C=O) groups excluding carboxylic acids is 9. The van der Waals surface area contributed by atoms with Gasteiger partial charge >= 0.3 is 156 Å². The summed E-state index contributed by atoms with van der Waals surface area (Å²) in [4.78, 5) is 121. The van der Waals surface area contributed by atoms with E-state index < -0.39 is 41.2 Å². The van der Waals surface area contributed by atoms with Gasteiger partial charge in [-0.25, -0.2) is 4.98 Å². The second kappa shape index (κ2) is 26.3. The molecule has 22 nitrogen and oxygen atoms in total. The number of hydrogen-bond acceptors (Lipinski definition) is 14. The number of ether oxygens (including phenoxy) is 1. The van der Waals surface area contributed by atoms with Crippen LogP contribution in [-0.2, 0) is 61.0 Å². The number of pyridine rings is 2. The molecule has 0 aromatic carbocycles. The zero-order valence-corrected chi connectivity index (χ0v) is 42.5. The molecule has 0 bridgehead atoms. The van der Waals surface area contributed by atoms with Gasteiger partial charge in [0, 0.05) is 35.9 Å². The molecule has 2 aromatic rings. The van der Waals surface area contributed by atoms with E-state index in [2.05, 4.69) is 40.2 Å². The third-order valence-electron chi connectivity index (χ3n) is 11.4. The first-order chi connectivity index (χ1) is 32.3. The van der Waals surface area contributed by atoms with Gasteiger partial charge in [-0.2, -0.15) is 0 Å². The van der Waals surface area contributed by atoms with Crippen molar-refractivity contribution in [2.75, 3.05) is 40.5 Å². The molecule has 4 heterocycles. The van der Waals surface area contributed by atoms with Crippen LogP contribution in [0.2, 0.25) is 3.98 Å². The van der Waals surface area contributed by atoms with Crippen LogP contribution in [0.1, 0.15) is 85.0 Å². The number of aldehydes is 1. The van der Waals surface area contributed by atoms with E-state index in [-0.39, 0.29) is 69.2 Å². The Hall–Kier alpha value is -6.25. The fourth-order valence-corrected chi connectivity index (χ4v) is 8.84. The largest absolute Gasteiger partial charge is 0.391 e. The standard InChI is InChI=1S/C35H43N6O7.C6H6N2O3.C3H7NO.CH3NO.Pb/c1-7-24-29-19(3)10-11-25(30(29)22-16-41-26(31(22)39-24)14-20(4)23(17-42)33(41)46)40(6)34(47)35(12-9-13-35)48-18-37-28(44)15-36-32(45)21(5)38-27(43)8-2;7-4(9)3-8-5(10)1-2-6(8)11;1-4-2-3-5;2-1-3;/h7,14,21,25,42H,1,3,5,8-13,15-18H2,2,4,6H3,(H,36,45)(H,37,44)(H,38,43);1-2H,3H2,(H2,7,9);3-4H,2H2,1H3;1H,(H2,2,3);. The first-order valence-electron chi connectivity index (χ1n) is 21.5. The van der Waals surface area contributed by atoms with E-state index in [1.54, 1.807) is 43.5 Å². The SMILES string of the molecule is C=Cc1nc2c(c3c1C(=C)CCC3N(C)C(=O)C1(OCNC(=O)CNC(=O)C([CH2][Pb])NC(=O)CC)CCC1)Cn1c-2cc(C)c(CO)c1=O.CNCC=O.NC(=O)CN1C(=O)C=CC1=O.NC=O. The maximum absolute atomic E-state index is 14.3. The van der Waals surface area contributed by atoms with Crippen LogP contribution in [0.15, 0.2) is 36.2 Å². The van der Waals surface area contributed by atoms with Crippen LogP contribution in [0.3, 0.4) is 0 Å². The maximum Gasteiger partial charge on any atom is 0.257 e. The van der Waals surface area contributed by atoms with Crippen LogP contribution < -0.4 is 38.3 Å². The van der Waals surface area contributed by atoms with Gasteiger partial charge in [0.25, 0.3) is 17.4 Å². The maximum atomic E-state index is 14.3. The minimum atomic E-state index is -1.12. The van der Waals surface area contributed by atoms with Gasteiger partial charge in [0.2, 0.25) is 12.3 Å². The molecule has 2 aliphatic carbocycles. The number of rotatable bonds is 17. The van der Waals surface area contributed by atoms with Gasteiger partial charge in [0.05, 0.1) is 42.8 Å². The molecule has 23 heteroatoms. The molecule has 2 aromatic heterocycles. The summed E-state index contributed by atoms with van der Waals surface area (Å²) in [5, 5.41) is 20.4. The van der Waals surface area contributed by atoms with Crippen molar-refractivity contribution in [2.24, 2.45) is 11.5 Å². The number of imide groups is 1. The molecule has 6 rings (SSSR count). The zero-order valence-electron chi connectivity index (χ0n) is 38.6. The van der Waals surface area contributed by atoms with Crippen molar-refractivity contribution in [2.45, 2.75) is 87.2 Å². The Morgan fingerprint density at radius 3 is 2.26 bits per heavy atom. The van der Waals surface area contributed by atoms with Gasteiger partial charge in [-0.1, -0.05) is 13.2 Å². The number of aryl methyl sites for hydroxylation is 1. The summed E-state index contributed by atoms with van der Waals surface area (Å²) in [6.45, 7) is 11.3. The van der Waals surface area contributed by atoms with Crippen molar-refractivity contribution >= 4 is 91.5 Å². The quantitative estimate of drug-likeness (QED) is 0.0352. The number of likely N-dealkylation sites (N-methyl/N-ethyl adjacent to an activating group) is 2. The fourth-order valence-electron chi connectivity index (χ4n) is 7.72. The number of aliphatic hydroxyl groups is 1. The third kappa shape index (κ3) is 13.5. The number of aromatic nitrogens is 2. The number of primary amides is 2. The van der Waals surface area contributed by atoms with Crippen molar-refractivity contribution < 1.29 is 53.0 Å². The number of nitrogens with two attached hydrogens (primary N) is 2. The van der Waals surface area contributed by atoms with Crippen LogP contribution in [0.5, 0.6) is 0 Å². The zero-order chi connectivity index (χ0) is 50.9. The van der Waals surface area contributed by atoms with Crippen LogP contribution in [0.4, 0.5) is 0 Å². The molecule has 0 saturated heterocycles. The second-order valence-electron chi connectivity index (χ2n) is 15.7. The van der Waals surface area contributed by atoms with Crippen LogP contribution in [0.25, 0.3) is 23.0 Å². The molecule has 365 valence electrons. The Morgan fingerprint density at radius 2 is 1.76 bits per heavy atom. The van der Waals surface area contributed by atoms with Gasteiger partial charge in [-0.05, 0) is 55.7 Å². The summed E-state index contributed by atoms with van der Waals surface area (Å²) in [5.74, 6) is -3.02. The van der Waals surface area contributed by atoms with E-state index in [9.17, 15) is 48.3 Å². The number of hydrogen-bond donors (Lipinski definition) is 7.